The maximum atomic E-state index is 13.3. The SMILES string of the molecule is COc1ccc(N2C(=O)/C(=C/c3ccc(Cl)cc3)N=C2[Se]c2ccc(C)cc2)cc1. The number of methoxy groups -OCH3 is 1. The first-order valence-corrected chi connectivity index (χ1v) is 11.4. The van der Waals surface area contributed by atoms with Crippen molar-refractivity contribution in [3.05, 3.63) is 94.6 Å². The number of hydrogen-bond acceptors (Lipinski definition) is 3. The summed E-state index contributed by atoms with van der Waals surface area (Å²) in [4.78, 5) is 19.7. The molecule has 0 atom stereocenters. The number of hydrogen-bond donors (Lipinski definition) is 0. The van der Waals surface area contributed by atoms with E-state index in [2.05, 4.69) is 31.2 Å². The van der Waals surface area contributed by atoms with Crippen molar-refractivity contribution in [2.24, 2.45) is 4.99 Å². The standard InChI is InChI=1S/C24H19ClN2O2Se/c1-16-3-13-21(14-4-16)30-24-26-22(15-17-5-7-18(25)8-6-17)23(28)27(24)19-9-11-20(29-2)12-10-19/h3-15H,1-2H3/b22-15-. The van der Waals surface area contributed by atoms with Gasteiger partial charge in [0.15, 0.2) is 0 Å². The summed E-state index contributed by atoms with van der Waals surface area (Å²) in [6, 6.07) is 23.1. The number of aryl methyl sites for hydroxylation is 1. The van der Waals surface area contributed by atoms with Gasteiger partial charge in [0.1, 0.15) is 0 Å². The van der Waals surface area contributed by atoms with Gasteiger partial charge in [-0.15, -0.1) is 0 Å². The molecule has 0 radical (unpaired) electrons. The summed E-state index contributed by atoms with van der Waals surface area (Å²) >= 11 is 5.85. The Bertz CT molecular complexity index is 1120. The van der Waals surface area contributed by atoms with Crippen LogP contribution in [0.4, 0.5) is 5.69 Å². The number of carbonyl (C=O) groups is 1. The van der Waals surface area contributed by atoms with Crippen molar-refractivity contribution in [3.63, 3.8) is 0 Å². The average molecular weight is 482 g/mol. The number of amides is 1. The fourth-order valence-electron chi connectivity index (χ4n) is 2.95. The molecule has 3 aromatic carbocycles. The molecule has 0 N–H and O–H groups in total. The number of benzene rings is 3. The van der Waals surface area contributed by atoms with Crippen LogP contribution in [0.5, 0.6) is 5.75 Å². The number of ether oxygens (including phenoxy) is 1. The van der Waals surface area contributed by atoms with E-state index in [1.54, 1.807) is 30.2 Å². The Kier molecular flexibility index (Phi) is 6.05. The number of carbonyl (C=O) groups excluding carboxylic acids is 1. The second-order valence-corrected chi connectivity index (χ2v) is 9.35. The predicted molar refractivity (Wildman–Crippen MR) is 124 cm³/mol. The molecule has 0 bridgehead atoms. The van der Waals surface area contributed by atoms with E-state index in [9.17, 15) is 4.79 Å². The van der Waals surface area contributed by atoms with Gasteiger partial charge in [-0.25, -0.2) is 0 Å². The molecule has 0 aliphatic carbocycles. The summed E-state index contributed by atoms with van der Waals surface area (Å²) in [6.45, 7) is 2.06. The Labute approximate surface area is 187 Å². The fourth-order valence-corrected chi connectivity index (χ4v) is 4.98. The molecule has 1 aliphatic rings. The predicted octanol–water partition coefficient (Wildman–Crippen LogP) is 4.43. The zero-order chi connectivity index (χ0) is 21.1. The van der Waals surface area contributed by atoms with Gasteiger partial charge in [0.2, 0.25) is 0 Å². The van der Waals surface area contributed by atoms with E-state index in [0.29, 0.717) is 10.7 Å². The number of rotatable bonds is 5. The van der Waals surface area contributed by atoms with Crippen LogP contribution in [0, 0.1) is 6.92 Å². The molecule has 0 saturated heterocycles. The third-order valence-electron chi connectivity index (χ3n) is 4.56. The van der Waals surface area contributed by atoms with Crippen LogP contribution in [0.25, 0.3) is 6.08 Å². The maximum absolute atomic E-state index is 13.3. The molecule has 150 valence electrons. The first-order valence-electron chi connectivity index (χ1n) is 9.32. The van der Waals surface area contributed by atoms with Gasteiger partial charge in [0.25, 0.3) is 0 Å². The number of halogens is 1. The molecule has 1 amide bonds. The van der Waals surface area contributed by atoms with Crippen molar-refractivity contribution in [3.8, 4) is 5.75 Å². The van der Waals surface area contributed by atoms with Crippen molar-refractivity contribution in [1.82, 2.24) is 0 Å². The quantitative estimate of drug-likeness (QED) is 0.400. The van der Waals surface area contributed by atoms with E-state index in [1.807, 2.05) is 36.4 Å². The molecular formula is C24H19ClN2O2Se. The summed E-state index contributed by atoms with van der Waals surface area (Å²) in [7, 11) is 1.62. The first kappa shape index (κ1) is 20.4. The first-order chi connectivity index (χ1) is 14.5. The van der Waals surface area contributed by atoms with Gasteiger partial charge in [-0.05, 0) is 0 Å². The van der Waals surface area contributed by atoms with Gasteiger partial charge in [-0.2, -0.15) is 0 Å². The van der Waals surface area contributed by atoms with Crippen LogP contribution in [-0.2, 0) is 4.79 Å². The van der Waals surface area contributed by atoms with Crippen LogP contribution in [0.3, 0.4) is 0 Å². The Balaban J connectivity index is 1.72. The van der Waals surface area contributed by atoms with Gasteiger partial charge < -0.3 is 0 Å². The van der Waals surface area contributed by atoms with Crippen LogP contribution < -0.4 is 14.1 Å². The van der Waals surface area contributed by atoms with Crippen LogP contribution >= 0.6 is 11.6 Å². The van der Waals surface area contributed by atoms with Crippen molar-refractivity contribution in [2.45, 2.75) is 6.92 Å². The van der Waals surface area contributed by atoms with Crippen LogP contribution in [-0.4, -0.2) is 32.7 Å². The number of nitrogens with zero attached hydrogens (tertiary/aromatic N) is 2. The van der Waals surface area contributed by atoms with Crippen LogP contribution in [0.2, 0.25) is 5.02 Å². The molecule has 3 aromatic rings. The molecule has 6 heteroatoms. The fraction of sp³-hybridized carbons (Fsp3) is 0.0833. The van der Waals surface area contributed by atoms with E-state index in [-0.39, 0.29) is 20.9 Å². The Morgan fingerprint density at radius 3 is 2.27 bits per heavy atom. The van der Waals surface area contributed by atoms with Crippen molar-refractivity contribution >= 4 is 53.4 Å². The molecule has 0 aromatic heterocycles. The molecular weight excluding hydrogens is 463 g/mol. The van der Waals surface area contributed by atoms with E-state index >= 15 is 0 Å². The monoisotopic (exact) mass is 482 g/mol. The molecule has 0 unspecified atom stereocenters. The molecule has 1 aliphatic heterocycles. The minimum atomic E-state index is -0.140. The second-order valence-electron chi connectivity index (χ2n) is 6.73. The Hall–Kier alpha value is -2.85. The minimum absolute atomic E-state index is 0.126. The summed E-state index contributed by atoms with van der Waals surface area (Å²) in [5.74, 6) is 0.601. The molecule has 4 nitrogen and oxygen atoms in total. The summed E-state index contributed by atoms with van der Waals surface area (Å²) in [5.41, 5.74) is 3.27. The zero-order valence-electron chi connectivity index (χ0n) is 16.5. The molecule has 0 fully saturated rings. The van der Waals surface area contributed by atoms with Gasteiger partial charge in [-0.3, -0.25) is 0 Å². The summed E-state index contributed by atoms with van der Waals surface area (Å²) < 4.78 is 7.16. The topological polar surface area (TPSA) is 41.9 Å². The normalized spacial score (nSPS) is 14.9. The summed E-state index contributed by atoms with van der Waals surface area (Å²) in [6.07, 6.45) is 1.80. The zero-order valence-corrected chi connectivity index (χ0v) is 19.0. The molecule has 0 saturated carbocycles. The van der Waals surface area contributed by atoms with Crippen molar-refractivity contribution in [1.29, 1.82) is 0 Å². The van der Waals surface area contributed by atoms with E-state index in [1.165, 1.54) is 5.56 Å². The van der Waals surface area contributed by atoms with E-state index in [0.717, 1.165) is 26.2 Å². The van der Waals surface area contributed by atoms with Gasteiger partial charge >= 0.3 is 187 Å². The molecule has 1 heterocycles. The second kappa shape index (κ2) is 8.88. The number of anilines is 1. The van der Waals surface area contributed by atoms with Crippen molar-refractivity contribution in [2.75, 3.05) is 12.0 Å². The molecule has 4 rings (SSSR count). The number of amidine groups is 1. The third kappa shape index (κ3) is 4.49. The van der Waals surface area contributed by atoms with Gasteiger partial charge in [-0.1, -0.05) is 0 Å². The molecule has 0 spiro atoms. The van der Waals surface area contributed by atoms with Gasteiger partial charge in [0, 0.05) is 0 Å². The van der Waals surface area contributed by atoms with E-state index in [4.69, 9.17) is 21.3 Å². The van der Waals surface area contributed by atoms with Crippen LogP contribution in [0.1, 0.15) is 11.1 Å². The summed E-state index contributed by atoms with van der Waals surface area (Å²) in [5, 5.41) is 0.654. The van der Waals surface area contributed by atoms with Gasteiger partial charge in [0.05, 0.1) is 0 Å². The van der Waals surface area contributed by atoms with E-state index < -0.39 is 0 Å². The van der Waals surface area contributed by atoms with Crippen molar-refractivity contribution < 1.29 is 9.53 Å². The average Bonchev–Trinajstić information content (AvgIpc) is 3.06. The third-order valence-corrected chi connectivity index (χ3v) is 6.84. The Morgan fingerprint density at radius 1 is 0.967 bits per heavy atom. The van der Waals surface area contributed by atoms with Crippen LogP contribution in [0.15, 0.2) is 83.5 Å². The number of aliphatic imine (C=N–C) groups is 1. The molecule has 30 heavy (non-hydrogen) atoms. The Morgan fingerprint density at radius 2 is 1.63 bits per heavy atom.